The highest BCUT2D eigenvalue weighted by atomic mass is 16.6. The number of nitriles is 1. The van der Waals surface area contributed by atoms with Gasteiger partial charge in [-0.15, -0.1) is 0 Å². The fourth-order valence-corrected chi connectivity index (χ4v) is 8.42. The summed E-state index contributed by atoms with van der Waals surface area (Å²) in [6.45, 7) is 17.7. The van der Waals surface area contributed by atoms with Gasteiger partial charge in [0.25, 0.3) is 0 Å². The van der Waals surface area contributed by atoms with E-state index in [1.165, 1.54) is 11.9 Å². The summed E-state index contributed by atoms with van der Waals surface area (Å²) in [6.07, 6.45) is 5.93. The van der Waals surface area contributed by atoms with Crippen LogP contribution in [0.4, 0.5) is 5.82 Å². The van der Waals surface area contributed by atoms with Crippen molar-refractivity contribution in [1.82, 2.24) is 34.7 Å². The van der Waals surface area contributed by atoms with E-state index in [1.807, 2.05) is 0 Å². The highest BCUT2D eigenvalue weighted by Crippen LogP contribution is 2.39. The maximum atomic E-state index is 12.2. The van der Waals surface area contributed by atoms with E-state index in [0.717, 1.165) is 68.4 Å². The average Bonchev–Trinajstić information content (AvgIpc) is 3.90. The van der Waals surface area contributed by atoms with Crippen LogP contribution in [0.2, 0.25) is 0 Å². The lowest BCUT2D eigenvalue weighted by atomic mass is 9.76. The topological polar surface area (TPSA) is 205 Å². The van der Waals surface area contributed by atoms with Crippen molar-refractivity contribution in [3.63, 3.8) is 0 Å². The van der Waals surface area contributed by atoms with E-state index in [4.69, 9.17) is 23.9 Å². The Balaban J connectivity index is 0.942. The summed E-state index contributed by atoms with van der Waals surface area (Å²) >= 11 is 0. The number of unbranched alkanes of at least 4 members (excludes halogenated alkanes) is 1. The predicted octanol–water partition coefficient (Wildman–Crippen LogP) is 5.38. The van der Waals surface area contributed by atoms with E-state index in [2.05, 4.69) is 96.3 Å². The van der Waals surface area contributed by atoms with Gasteiger partial charge in [0.1, 0.15) is 48.0 Å². The molecule has 16 nitrogen and oxygen atoms in total. The van der Waals surface area contributed by atoms with E-state index in [-0.39, 0.29) is 23.8 Å². The Hall–Kier alpha value is -4.21. The molecule has 1 saturated heterocycles. The van der Waals surface area contributed by atoms with Gasteiger partial charge in [-0.3, -0.25) is 9.69 Å². The molecule has 1 aromatic carbocycles. The molecule has 62 heavy (non-hydrogen) atoms. The number of amides is 1. The minimum absolute atomic E-state index is 0.0672. The second kappa shape index (κ2) is 22.4. The number of aromatic nitrogens is 5. The van der Waals surface area contributed by atoms with Crippen LogP contribution in [0.15, 0.2) is 30.7 Å². The average molecular weight is 860 g/mol. The van der Waals surface area contributed by atoms with Crippen molar-refractivity contribution < 1.29 is 34.0 Å². The number of nitrogens with zero attached hydrogens (tertiary/aromatic N) is 6. The number of H-pyrrole nitrogens is 1. The van der Waals surface area contributed by atoms with E-state index >= 15 is 0 Å². The van der Waals surface area contributed by atoms with Gasteiger partial charge < -0.3 is 49.3 Å². The number of carbonyl (C=O) groups is 1. The molecule has 4 atom stereocenters. The first kappa shape index (κ1) is 47.3. The SMILES string of the molecule is CCCOCCOCCOCCC(=O)NCCCCNc1ncnc2c1c(C#N)cn2[C@@H]1O[C@H](CN(C(C)C)C2CC(CCc3nc4ccc(C(C)(C)C)cc4[nH]3)C2)C(O)[C@@H]1O. The molecule has 6 rings (SSSR count). The van der Waals surface area contributed by atoms with Gasteiger partial charge in [0.15, 0.2) is 6.23 Å². The van der Waals surface area contributed by atoms with Gasteiger partial charge in [-0.2, -0.15) is 5.26 Å². The monoisotopic (exact) mass is 860 g/mol. The molecular formula is C46H69N9O7. The molecule has 0 spiro atoms. The van der Waals surface area contributed by atoms with Gasteiger partial charge in [-0.05, 0) is 81.4 Å². The number of hydrogen-bond acceptors (Lipinski definition) is 13. The van der Waals surface area contributed by atoms with Crippen LogP contribution in [-0.4, -0.2) is 135 Å². The van der Waals surface area contributed by atoms with Gasteiger partial charge in [0.05, 0.1) is 55.0 Å². The number of aliphatic hydroxyl groups is 2. The van der Waals surface area contributed by atoms with Crippen molar-refractivity contribution in [3.8, 4) is 6.07 Å². The van der Waals surface area contributed by atoms with Crippen molar-refractivity contribution in [2.45, 2.75) is 135 Å². The second-order valence-electron chi connectivity index (χ2n) is 18.1. The molecule has 1 saturated carbocycles. The van der Waals surface area contributed by atoms with E-state index in [0.29, 0.717) is 87.0 Å². The second-order valence-corrected chi connectivity index (χ2v) is 18.1. The Morgan fingerprint density at radius 2 is 1.77 bits per heavy atom. The lowest BCUT2D eigenvalue weighted by molar-refractivity contribution is -0.122. The standard InChI is InChI=1S/C46H69N9O7/c1-7-17-59-19-21-61-22-20-60-18-14-39(56)48-15-8-9-16-49-43-40-32(26-47)27-55(44(40)51-29-50-43)45-42(58)41(57)37(62-45)28-54(30(2)3)34-23-31(24-34)10-13-38-52-35-12-11-33(46(4,5)6)25-36(35)53-38/h11-12,25,27,29-31,34,37,41-42,45,57-58H,7-10,13-24,28H2,1-6H3,(H,48,56)(H,52,53)(H,49,50,51)/t31?,34?,37-,41?,42+,45-/m1/s1. The predicted molar refractivity (Wildman–Crippen MR) is 238 cm³/mol. The first-order valence-corrected chi connectivity index (χ1v) is 22.6. The Labute approximate surface area is 366 Å². The minimum Gasteiger partial charge on any atom is -0.387 e. The molecule has 4 aromatic rings. The minimum atomic E-state index is -1.23. The third kappa shape index (κ3) is 12.3. The number of hydrogen-bond donors (Lipinski definition) is 5. The largest absolute Gasteiger partial charge is 0.387 e. The maximum Gasteiger partial charge on any atom is 0.222 e. The molecule has 2 fully saturated rings. The van der Waals surface area contributed by atoms with Gasteiger partial charge in [-0.1, -0.05) is 33.8 Å². The van der Waals surface area contributed by atoms with Gasteiger partial charge in [-0.25, -0.2) is 15.0 Å². The highest BCUT2D eigenvalue weighted by molar-refractivity contribution is 5.93. The molecule has 0 bridgehead atoms. The normalized spacial score (nSPS) is 21.6. The number of aromatic amines is 1. The van der Waals surface area contributed by atoms with Gasteiger partial charge >= 0.3 is 0 Å². The van der Waals surface area contributed by atoms with Crippen LogP contribution in [0.3, 0.4) is 0 Å². The van der Waals surface area contributed by atoms with Crippen LogP contribution in [0, 0.1) is 17.2 Å². The maximum absolute atomic E-state index is 12.2. The van der Waals surface area contributed by atoms with E-state index < -0.39 is 24.5 Å². The van der Waals surface area contributed by atoms with Gasteiger partial charge in [0, 0.05) is 57.4 Å². The zero-order valence-electron chi connectivity index (χ0n) is 37.6. The van der Waals surface area contributed by atoms with Crippen LogP contribution < -0.4 is 10.6 Å². The lowest BCUT2D eigenvalue weighted by Crippen LogP contribution is -2.52. The molecule has 1 aliphatic carbocycles. The van der Waals surface area contributed by atoms with Crippen LogP contribution in [-0.2, 0) is 35.6 Å². The summed E-state index contributed by atoms with van der Waals surface area (Å²) in [6, 6.07) is 9.32. The first-order valence-electron chi connectivity index (χ1n) is 22.6. The quantitative estimate of drug-likeness (QED) is 0.0532. The molecular weight excluding hydrogens is 791 g/mol. The number of carbonyl (C=O) groups excluding carboxylic acids is 1. The van der Waals surface area contributed by atoms with Crippen molar-refractivity contribution in [3.05, 3.63) is 47.7 Å². The van der Waals surface area contributed by atoms with Crippen molar-refractivity contribution in [1.29, 1.82) is 5.26 Å². The zero-order chi connectivity index (χ0) is 44.2. The summed E-state index contributed by atoms with van der Waals surface area (Å²) in [5.74, 6) is 2.04. The lowest BCUT2D eigenvalue weighted by Gasteiger charge is -2.46. The summed E-state index contributed by atoms with van der Waals surface area (Å²) in [7, 11) is 0. The van der Waals surface area contributed by atoms with Crippen LogP contribution in [0.25, 0.3) is 22.1 Å². The molecule has 3 aromatic heterocycles. The van der Waals surface area contributed by atoms with Crippen molar-refractivity contribution in [2.24, 2.45) is 5.92 Å². The Morgan fingerprint density at radius 1 is 1.05 bits per heavy atom. The number of nitrogens with one attached hydrogen (secondary N) is 3. The highest BCUT2D eigenvalue weighted by Gasteiger charge is 2.47. The Morgan fingerprint density at radius 3 is 2.48 bits per heavy atom. The third-order valence-corrected chi connectivity index (χ3v) is 12.0. The zero-order valence-corrected chi connectivity index (χ0v) is 37.6. The fourth-order valence-electron chi connectivity index (χ4n) is 8.42. The summed E-state index contributed by atoms with van der Waals surface area (Å²) in [5.41, 5.74) is 4.24. The number of rotatable bonds is 25. The fraction of sp³-hybridized carbons (Fsp3) is 0.674. The first-order chi connectivity index (χ1) is 29.9. The summed E-state index contributed by atoms with van der Waals surface area (Å²) < 4.78 is 24.4. The molecule has 4 heterocycles. The number of benzene rings is 1. The molecule has 0 radical (unpaired) electrons. The molecule has 1 amide bonds. The molecule has 5 N–H and O–H groups in total. The Bertz CT molecular complexity index is 2070. The molecule has 1 unspecified atom stereocenters. The van der Waals surface area contributed by atoms with E-state index in [9.17, 15) is 20.3 Å². The van der Waals surface area contributed by atoms with Crippen LogP contribution in [0.1, 0.15) is 110 Å². The molecule has 2 aliphatic rings. The molecule has 16 heteroatoms. The van der Waals surface area contributed by atoms with Crippen molar-refractivity contribution in [2.75, 3.05) is 64.6 Å². The summed E-state index contributed by atoms with van der Waals surface area (Å²) in [5, 5.41) is 39.6. The molecule has 340 valence electrons. The summed E-state index contributed by atoms with van der Waals surface area (Å²) in [4.78, 5) is 31.9. The van der Waals surface area contributed by atoms with Gasteiger partial charge in [0.2, 0.25) is 5.91 Å². The smallest absolute Gasteiger partial charge is 0.222 e. The Kier molecular flexibility index (Phi) is 17.1. The van der Waals surface area contributed by atoms with E-state index in [1.54, 1.807) is 10.8 Å². The third-order valence-electron chi connectivity index (χ3n) is 12.0. The van der Waals surface area contributed by atoms with Crippen molar-refractivity contribution >= 4 is 33.8 Å². The van der Waals surface area contributed by atoms with Crippen LogP contribution >= 0.6 is 0 Å². The molecule has 1 aliphatic heterocycles. The number of ether oxygens (including phenoxy) is 4. The number of aryl methyl sites for hydroxylation is 1. The van der Waals surface area contributed by atoms with Crippen LogP contribution in [0.5, 0.6) is 0 Å². The number of fused-ring (bicyclic) bond motifs is 2. The number of anilines is 1. The number of imidazole rings is 1. The number of aliphatic hydroxyl groups excluding tert-OH is 2.